The van der Waals surface area contributed by atoms with E-state index in [0.717, 1.165) is 23.1 Å². The standard InChI is InChI=1S/C26H18N6/c1-3-9-20-17(7-1)18-12-13-22-24(25(18)32(20)23-11-5-6-14-28-23)19-8-2-4-10-21(19)31(22)26-29-15-27-16-30-26/h1-11,13-16,18H,12H2. The van der Waals surface area contributed by atoms with Crippen molar-refractivity contribution in [3.63, 3.8) is 0 Å². The first-order valence-corrected chi connectivity index (χ1v) is 10.7. The summed E-state index contributed by atoms with van der Waals surface area (Å²) in [6.45, 7) is 0. The second-order valence-corrected chi connectivity index (χ2v) is 8.01. The summed E-state index contributed by atoms with van der Waals surface area (Å²) in [5.74, 6) is 1.84. The average Bonchev–Trinajstić information content (AvgIpc) is 3.38. The molecule has 6 nitrogen and oxygen atoms in total. The van der Waals surface area contributed by atoms with Gasteiger partial charge in [-0.1, -0.05) is 48.5 Å². The number of aromatic nitrogens is 5. The number of rotatable bonds is 2. The van der Waals surface area contributed by atoms with Crippen LogP contribution in [0.25, 0.3) is 28.6 Å². The summed E-state index contributed by atoms with van der Waals surface area (Å²) in [5, 5.41) is 3.53. The number of pyridine rings is 1. The molecule has 0 fully saturated rings. The zero-order chi connectivity index (χ0) is 21.1. The van der Waals surface area contributed by atoms with Gasteiger partial charge in [-0.3, -0.25) is 9.47 Å². The van der Waals surface area contributed by atoms with Crippen molar-refractivity contribution in [1.82, 2.24) is 24.5 Å². The van der Waals surface area contributed by atoms with Crippen LogP contribution >= 0.6 is 0 Å². The third kappa shape index (κ3) is 2.29. The quantitative estimate of drug-likeness (QED) is 0.443. The SMILES string of the molecule is C1=c2c(c3ccccc3n2-c2ncncn2)=C2C(C1)c1ccccc1N2c1ccccn1. The van der Waals surface area contributed by atoms with Gasteiger partial charge in [0, 0.05) is 28.4 Å². The Morgan fingerprint density at radius 2 is 1.62 bits per heavy atom. The van der Waals surface area contributed by atoms with Crippen LogP contribution in [0.1, 0.15) is 17.9 Å². The number of anilines is 2. The van der Waals surface area contributed by atoms with Gasteiger partial charge in [-0.05, 0) is 36.2 Å². The van der Waals surface area contributed by atoms with E-state index in [1.807, 2.05) is 18.3 Å². The van der Waals surface area contributed by atoms with Gasteiger partial charge < -0.3 is 0 Å². The zero-order valence-electron chi connectivity index (χ0n) is 17.1. The Bertz CT molecular complexity index is 1610. The Morgan fingerprint density at radius 1 is 0.812 bits per heavy atom. The Kier molecular flexibility index (Phi) is 3.58. The van der Waals surface area contributed by atoms with E-state index in [-0.39, 0.29) is 5.92 Å². The van der Waals surface area contributed by atoms with Gasteiger partial charge in [0.05, 0.1) is 16.6 Å². The van der Waals surface area contributed by atoms with Crippen molar-refractivity contribution >= 4 is 34.2 Å². The van der Waals surface area contributed by atoms with Gasteiger partial charge in [-0.15, -0.1) is 0 Å². The lowest BCUT2D eigenvalue weighted by atomic mass is 9.91. The van der Waals surface area contributed by atoms with E-state index in [1.165, 1.54) is 27.6 Å². The van der Waals surface area contributed by atoms with Gasteiger partial charge in [-0.2, -0.15) is 0 Å². The van der Waals surface area contributed by atoms with E-state index in [1.54, 1.807) is 12.7 Å². The molecule has 7 rings (SSSR count). The molecule has 0 radical (unpaired) electrons. The molecule has 0 saturated heterocycles. The van der Waals surface area contributed by atoms with E-state index in [4.69, 9.17) is 4.98 Å². The molecule has 152 valence electrons. The van der Waals surface area contributed by atoms with Crippen LogP contribution in [-0.2, 0) is 0 Å². The molecule has 32 heavy (non-hydrogen) atoms. The van der Waals surface area contributed by atoms with E-state index in [9.17, 15) is 0 Å². The Morgan fingerprint density at radius 3 is 2.50 bits per heavy atom. The molecular formula is C26H18N6. The lowest BCUT2D eigenvalue weighted by Gasteiger charge is -2.23. The fourth-order valence-electron chi connectivity index (χ4n) is 5.19. The zero-order valence-corrected chi connectivity index (χ0v) is 17.1. The molecule has 0 bridgehead atoms. The van der Waals surface area contributed by atoms with Crippen molar-refractivity contribution in [3.8, 4) is 5.95 Å². The van der Waals surface area contributed by atoms with Crippen LogP contribution in [0.2, 0.25) is 0 Å². The topological polar surface area (TPSA) is 59.7 Å². The van der Waals surface area contributed by atoms with Crippen LogP contribution < -0.4 is 15.5 Å². The van der Waals surface area contributed by atoms with Gasteiger partial charge in [0.1, 0.15) is 18.5 Å². The molecule has 2 aromatic carbocycles. The van der Waals surface area contributed by atoms with Crippen LogP contribution in [0.15, 0.2) is 85.6 Å². The summed E-state index contributed by atoms with van der Waals surface area (Å²) >= 11 is 0. The van der Waals surface area contributed by atoms with Crippen molar-refractivity contribution in [3.05, 3.63) is 102 Å². The van der Waals surface area contributed by atoms with Gasteiger partial charge in [0.2, 0.25) is 5.95 Å². The van der Waals surface area contributed by atoms with Crippen LogP contribution in [-0.4, -0.2) is 24.5 Å². The summed E-state index contributed by atoms with van der Waals surface area (Å²) in [7, 11) is 0. The number of nitrogens with zero attached hydrogens (tertiary/aromatic N) is 6. The number of fused-ring (bicyclic) bond motifs is 6. The fourth-order valence-corrected chi connectivity index (χ4v) is 5.19. The predicted molar refractivity (Wildman–Crippen MR) is 124 cm³/mol. The average molecular weight is 414 g/mol. The van der Waals surface area contributed by atoms with Crippen molar-refractivity contribution in [2.45, 2.75) is 12.3 Å². The van der Waals surface area contributed by atoms with Crippen LogP contribution in [0.5, 0.6) is 0 Å². The first-order chi connectivity index (χ1) is 15.9. The molecule has 2 aliphatic rings. The highest BCUT2D eigenvalue weighted by molar-refractivity contribution is 5.95. The van der Waals surface area contributed by atoms with Gasteiger partial charge >= 0.3 is 0 Å². The van der Waals surface area contributed by atoms with Crippen molar-refractivity contribution in [1.29, 1.82) is 0 Å². The minimum Gasteiger partial charge on any atom is -0.297 e. The molecule has 6 heteroatoms. The largest absolute Gasteiger partial charge is 0.297 e. The van der Waals surface area contributed by atoms with E-state index >= 15 is 0 Å². The minimum atomic E-state index is 0.276. The monoisotopic (exact) mass is 414 g/mol. The smallest absolute Gasteiger partial charge is 0.237 e. The Balaban J connectivity index is 1.66. The highest BCUT2D eigenvalue weighted by Crippen LogP contribution is 2.49. The lowest BCUT2D eigenvalue weighted by Crippen LogP contribution is -2.37. The molecule has 1 aliphatic carbocycles. The number of benzene rings is 2. The van der Waals surface area contributed by atoms with E-state index in [2.05, 4.69) is 85.1 Å². The highest BCUT2D eigenvalue weighted by atomic mass is 15.2. The summed E-state index contributed by atoms with van der Waals surface area (Å²) in [5.41, 5.74) is 4.90. The number of hydrogen-bond acceptors (Lipinski definition) is 5. The lowest BCUT2D eigenvalue weighted by molar-refractivity contribution is 0.864. The minimum absolute atomic E-state index is 0.276. The third-order valence-corrected chi connectivity index (χ3v) is 6.40. The van der Waals surface area contributed by atoms with Crippen molar-refractivity contribution in [2.24, 2.45) is 0 Å². The molecule has 0 N–H and O–H groups in total. The van der Waals surface area contributed by atoms with Gasteiger partial charge in [0.25, 0.3) is 0 Å². The summed E-state index contributed by atoms with van der Waals surface area (Å²) < 4.78 is 2.15. The maximum Gasteiger partial charge on any atom is 0.237 e. The molecule has 1 unspecified atom stereocenters. The van der Waals surface area contributed by atoms with E-state index in [0.29, 0.717) is 5.95 Å². The van der Waals surface area contributed by atoms with Crippen LogP contribution in [0.4, 0.5) is 11.5 Å². The molecule has 0 amide bonds. The summed E-state index contributed by atoms with van der Waals surface area (Å²) in [6, 6.07) is 23.2. The second-order valence-electron chi connectivity index (χ2n) is 8.01. The van der Waals surface area contributed by atoms with Crippen LogP contribution in [0, 0.1) is 0 Å². The van der Waals surface area contributed by atoms with Crippen molar-refractivity contribution < 1.29 is 0 Å². The third-order valence-electron chi connectivity index (χ3n) is 6.40. The summed E-state index contributed by atoms with van der Waals surface area (Å²) in [6.07, 6.45) is 8.19. The summed E-state index contributed by atoms with van der Waals surface area (Å²) in [4.78, 5) is 20.0. The molecule has 4 heterocycles. The first kappa shape index (κ1) is 17.4. The number of para-hydroxylation sites is 2. The highest BCUT2D eigenvalue weighted by Gasteiger charge is 2.37. The Hall–Kier alpha value is -4.32. The molecule has 1 aliphatic heterocycles. The molecule has 3 aromatic heterocycles. The molecule has 0 saturated carbocycles. The predicted octanol–water partition coefficient (Wildman–Crippen LogP) is 3.44. The maximum atomic E-state index is 4.72. The fraction of sp³-hybridized carbons (Fsp3) is 0.0769. The first-order valence-electron chi connectivity index (χ1n) is 10.7. The van der Waals surface area contributed by atoms with Crippen molar-refractivity contribution in [2.75, 3.05) is 4.90 Å². The molecule has 0 spiro atoms. The van der Waals surface area contributed by atoms with Crippen LogP contribution in [0.3, 0.4) is 0 Å². The Labute approximate surface area is 183 Å². The molecule has 1 atom stereocenters. The number of hydrogen-bond donors (Lipinski definition) is 0. The second kappa shape index (κ2) is 6.59. The van der Waals surface area contributed by atoms with Gasteiger partial charge in [-0.25, -0.2) is 19.9 Å². The molecule has 5 aromatic rings. The van der Waals surface area contributed by atoms with E-state index < -0.39 is 0 Å². The van der Waals surface area contributed by atoms with Gasteiger partial charge in [0.15, 0.2) is 0 Å². The normalized spacial score (nSPS) is 16.4. The molecular weight excluding hydrogens is 396 g/mol. The maximum absolute atomic E-state index is 4.72.